The van der Waals surface area contributed by atoms with Gasteiger partial charge in [0.25, 0.3) is 5.91 Å². The van der Waals surface area contributed by atoms with E-state index in [2.05, 4.69) is 15.4 Å². The van der Waals surface area contributed by atoms with Gasteiger partial charge in [-0.1, -0.05) is 0 Å². The fraction of sp³-hybridized carbons (Fsp3) is 0.364. The number of aliphatic hydroxyl groups is 1. The first-order valence-electron chi connectivity index (χ1n) is 5.34. The van der Waals surface area contributed by atoms with E-state index in [9.17, 15) is 4.79 Å². The van der Waals surface area contributed by atoms with Crippen LogP contribution in [0.3, 0.4) is 0 Å². The molecule has 2 aromatic heterocycles. The number of carbonyl (C=O) groups excluding carboxylic acids is 1. The molecule has 2 rings (SSSR count). The Balaban J connectivity index is 2.41. The Morgan fingerprint density at radius 2 is 2.29 bits per heavy atom. The second kappa shape index (κ2) is 4.50. The van der Waals surface area contributed by atoms with E-state index in [1.54, 1.807) is 4.52 Å². The van der Waals surface area contributed by atoms with Gasteiger partial charge >= 0.3 is 0 Å². The monoisotopic (exact) mass is 234 g/mol. The summed E-state index contributed by atoms with van der Waals surface area (Å²) in [6, 6.07) is 1.85. The molecule has 1 amide bonds. The van der Waals surface area contributed by atoms with Crippen LogP contribution in [0.5, 0.6) is 0 Å². The van der Waals surface area contributed by atoms with Crippen molar-refractivity contribution >= 4 is 11.6 Å². The summed E-state index contributed by atoms with van der Waals surface area (Å²) in [5.74, 6) is -0.251. The second-order valence-electron chi connectivity index (χ2n) is 3.79. The van der Waals surface area contributed by atoms with Gasteiger partial charge in [0.15, 0.2) is 5.65 Å². The highest BCUT2D eigenvalue weighted by molar-refractivity contribution is 5.95. The Kier molecular flexibility index (Phi) is 3.06. The molecular formula is C11H14N4O2. The average Bonchev–Trinajstić information content (AvgIpc) is 2.68. The number of amides is 1. The van der Waals surface area contributed by atoms with Gasteiger partial charge < -0.3 is 10.4 Å². The van der Waals surface area contributed by atoms with E-state index in [0.717, 1.165) is 17.0 Å². The highest BCUT2D eigenvalue weighted by Crippen LogP contribution is 2.10. The highest BCUT2D eigenvalue weighted by Gasteiger charge is 2.12. The van der Waals surface area contributed by atoms with Crippen molar-refractivity contribution in [2.75, 3.05) is 13.2 Å². The zero-order valence-corrected chi connectivity index (χ0v) is 9.77. The van der Waals surface area contributed by atoms with E-state index in [1.165, 1.54) is 6.20 Å². The summed E-state index contributed by atoms with van der Waals surface area (Å²) in [5, 5.41) is 15.5. The van der Waals surface area contributed by atoms with Gasteiger partial charge in [0.1, 0.15) is 0 Å². The molecule has 0 fully saturated rings. The predicted molar refractivity (Wildman–Crippen MR) is 61.9 cm³/mol. The third-order valence-corrected chi connectivity index (χ3v) is 2.49. The van der Waals surface area contributed by atoms with Crippen LogP contribution >= 0.6 is 0 Å². The first-order valence-corrected chi connectivity index (χ1v) is 5.34. The molecule has 90 valence electrons. The molecule has 0 aliphatic rings. The number of rotatable bonds is 3. The van der Waals surface area contributed by atoms with Crippen LogP contribution in [0, 0.1) is 13.8 Å². The number of nitrogens with zero attached hydrogens (tertiary/aromatic N) is 3. The number of hydrogen-bond acceptors (Lipinski definition) is 4. The van der Waals surface area contributed by atoms with Gasteiger partial charge in [0.2, 0.25) is 0 Å². The largest absolute Gasteiger partial charge is 0.395 e. The number of hydrogen-bond donors (Lipinski definition) is 2. The van der Waals surface area contributed by atoms with Gasteiger partial charge in [-0.3, -0.25) is 4.79 Å². The Morgan fingerprint density at radius 1 is 1.53 bits per heavy atom. The van der Waals surface area contributed by atoms with Crippen molar-refractivity contribution in [2.24, 2.45) is 0 Å². The van der Waals surface area contributed by atoms with Crippen molar-refractivity contribution < 1.29 is 9.90 Å². The minimum absolute atomic E-state index is 0.0820. The summed E-state index contributed by atoms with van der Waals surface area (Å²) in [6.45, 7) is 3.84. The van der Waals surface area contributed by atoms with E-state index >= 15 is 0 Å². The van der Waals surface area contributed by atoms with Crippen molar-refractivity contribution in [1.82, 2.24) is 19.9 Å². The molecule has 2 aromatic rings. The standard InChI is InChI=1S/C11H14N4O2/c1-7-5-10-13-6-9(8(2)15(10)14-7)11(17)12-3-4-16/h5-6,16H,3-4H2,1-2H3,(H,12,17). The molecule has 6 heteroatoms. The first-order chi connectivity index (χ1) is 8.13. The maximum atomic E-state index is 11.8. The van der Waals surface area contributed by atoms with Crippen LogP contribution in [-0.2, 0) is 0 Å². The maximum Gasteiger partial charge on any atom is 0.254 e. The van der Waals surface area contributed by atoms with E-state index in [4.69, 9.17) is 5.11 Å². The van der Waals surface area contributed by atoms with Crippen LogP contribution in [0.1, 0.15) is 21.7 Å². The van der Waals surface area contributed by atoms with E-state index < -0.39 is 0 Å². The zero-order valence-electron chi connectivity index (χ0n) is 9.77. The molecule has 6 nitrogen and oxygen atoms in total. The smallest absolute Gasteiger partial charge is 0.254 e. The number of nitrogens with one attached hydrogen (secondary N) is 1. The van der Waals surface area contributed by atoms with E-state index in [0.29, 0.717) is 5.56 Å². The van der Waals surface area contributed by atoms with Gasteiger partial charge in [0, 0.05) is 18.8 Å². The lowest BCUT2D eigenvalue weighted by molar-refractivity contribution is 0.0943. The lowest BCUT2D eigenvalue weighted by Gasteiger charge is -2.07. The first kappa shape index (κ1) is 11.5. The van der Waals surface area contributed by atoms with E-state index in [1.807, 2.05) is 19.9 Å². The Morgan fingerprint density at radius 3 is 3.00 bits per heavy atom. The topological polar surface area (TPSA) is 79.5 Å². The maximum absolute atomic E-state index is 11.8. The summed E-state index contributed by atoms with van der Waals surface area (Å²) in [6.07, 6.45) is 1.53. The van der Waals surface area contributed by atoms with Gasteiger partial charge in [-0.25, -0.2) is 9.50 Å². The predicted octanol–water partition coefficient (Wildman–Crippen LogP) is 0.0682. The van der Waals surface area contributed by atoms with Gasteiger partial charge in [-0.05, 0) is 13.8 Å². The number of fused-ring (bicyclic) bond motifs is 1. The Labute approximate surface area is 98.3 Å². The Hall–Kier alpha value is -1.95. The van der Waals surface area contributed by atoms with Crippen LogP contribution in [0.2, 0.25) is 0 Å². The van der Waals surface area contributed by atoms with Crippen molar-refractivity contribution in [3.05, 3.63) is 29.2 Å². The number of carbonyl (C=O) groups is 1. The number of aliphatic hydroxyl groups excluding tert-OH is 1. The molecule has 0 aromatic carbocycles. The molecule has 0 saturated carbocycles. The quantitative estimate of drug-likeness (QED) is 0.787. The van der Waals surface area contributed by atoms with Crippen molar-refractivity contribution in [3.63, 3.8) is 0 Å². The third kappa shape index (κ3) is 2.12. The summed E-state index contributed by atoms with van der Waals surface area (Å²) in [7, 11) is 0. The molecule has 2 N–H and O–H groups in total. The molecule has 0 unspecified atom stereocenters. The van der Waals surface area contributed by atoms with Gasteiger partial charge in [-0.15, -0.1) is 0 Å². The molecule has 2 heterocycles. The van der Waals surface area contributed by atoms with Crippen LogP contribution in [0.15, 0.2) is 12.3 Å². The lowest BCUT2D eigenvalue weighted by atomic mass is 10.2. The molecule has 0 bridgehead atoms. The molecule has 0 aliphatic carbocycles. The van der Waals surface area contributed by atoms with Crippen molar-refractivity contribution in [2.45, 2.75) is 13.8 Å². The third-order valence-electron chi connectivity index (χ3n) is 2.49. The minimum Gasteiger partial charge on any atom is -0.395 e. The fourth-order valence-corrected chi connectivity index (χ4v) is 1.65. The second-order valence-corrected chi connectivity index (χ2v) is 3.79. The van der Waals surface area contributed by atoms with E-state index in [-0.39, 0.29) is 19.1 Å². The van der Waals surface area contributed by atoms with Crippen LogP contribution in [0.4, 0.5) is 0 Å². The number of aryl methyl sites for hydroxylation is 2. The molecule has 17 heavy (non-hydrogen) atoms. The highest BCUT2D eigenvalue weighted by atomic mass is 16.3. The molecule has 0 atom stereocenters. The minimum atomic E-state index is -0.251. The average molecular weight is 234 g/mol. The van der Waals surface area contributed by atoms with Crippen LogP contribution in [0.25, 0.3) is 5.65 Å². The van der Waals surface area contributed by atoms with Gasteiger partial charge in [-0.2, -0.15) is 5.10 Å². The molecule has 0 saturated heterocycles. The zero-order chi connectivity index (χ0) is 12.4. The summed E-state index contributed by atoms with van der Waals surface area (Å²) in [5.41, 5.74) is 2.78. The normalized spacial score (nSPS) is 10.8. The molecule has 0 spiro atoms. The summed E-state index contributed by atoms with van der Waals surface area (Å²) in [4.78, 5) is 15.9. The SMILES string of the molecule is Cc1cc2ncc(C(=O)NCCO)c(C)n2n1. The summed E-state index contributed by atoms with van der Waals surface area (Å²) < 4.78 is 1.64. The molecule has 0 radical (unpaired) electrons. The Bertz CT molecular complexity index is 562. The molecular weight excluding hydrogens is 220 g/mol. The van der Waals surface area contributed by atoms with Gasteiger partial charge in [0.05, 0.1) is 23.6 Å². The number of aromatic nitrogens is 3. The van der Waals surface area contributed by atoms with Crippen molar-refractivity contribution in [1.29, 1.82) is 0 Å². The van der Waals surface area contributed by atoms with Crippen LogP contribution < -0.4 is 5.32 Å². The van der Waals surface area contributed by atoms with Crippen molar-refractivity contribution in [3.8, 4) is 0 Å². The lowest BCUT2D eigenvalue weighted by Crippen LogP contribution is -2.27. The summed E-state index contributed by atoms with van der Waals surface area (Å²) >= 11 is 0. The van der Waals surface area contributed by atoms with Crippen LogP contribution in [-0.4, -0.2) is 38.8 Å². The molecule has 0 aliphatic heterocycles. The fourth-order valence-electron chi connectivity index (χ4n) is 1.65.